The van der Waals surface area contributed by atoms with Crippen LogP contribution in [0.5, 0.6) is 0 Å². The Balaban J connectivity index is 2.75. The summed E-state index contributed by atoms with van der Waals surface area (Å²) in [7, 11) is 0. The van der Waals surface area contributed by atoms with E-state index >= 15 is 0 Å². The molecule has 0 heterocycles. The molecule has 2 heteroatoms. The van der Waals surface area contributed by atoms with E-state index in [4.69, 9.17) is 4.84 Å². The highest BCUT2D eigenvalue weighted by atomic mass is 16.7. The van der Waals surface area contributed by atoms with Crippen LogP contribution >= 0.6 is 0 Å². The van der Waals surface area contributed by atoms with E-state index in [9.17, 15) is 0 Å². The average Bonchev–Trinajstić information content (AvgIpc) is 2.18. The number of hydrogen-bond donors (Lipinski definition) is 1. The van der Waals surface area contributed by atoms with E-state index in [0.29, 0.717) is 0 Å². The summed E-state index contributed by atoms with van der Waals surface area (Å²) in [5.74, 6) is 0. The first kappa shape index (κ1) is 11.8. The van der Waals surface area contributed by atoms with Gasteiger partial charge in [0, 0.05) is 0 Å². The van der Waals surface area contributed by atoms with Crippen molar-refractivity contribution in [1.82, 2.24) is 5.48 Å². The van der Waals surface area contributed by atoms with Crippen molar-refractivity contribution in [2.45, 2.75) is 33.8 Å². The zero-order valence-corrected chi connectivity index (χ0v) is 9.87. The van der Waals surface area contributed by atoms with Gasteiger partial charge in [0.15, 0.2) is 0 Å². The van der Waals surface area contributed by atoms with Crippen molar-refractivity contribution < 1.29 is 4.84 Å². The minimum absolute atomic E-state index is 0.171. The molecule has 2 nitrogen and oxygen atoms in total. The third-order valence-electron chi connectivity index (χ3n) is 2.02. The molecule has 0 radical (unpaired) electrons. The van der Waals surface area contributed by atoms with Crippen LogP contribution in [0.2, 0.25) is 0 Å². The van der Waals surface area contributed by atoms with Gasteiger partial charge in [-0.25, -0.2) is 0 Å². The monoisotopic (exact) mass is 205 g/mol. The second-order valence-electron chi connectivity index (χ2n) is 3.84. The molecule has 0 aliphatic rings. The molecular weight excluding hydrogens is 186 g/mol. The summed E-state index contributed by atoms with van der Waals surface area (Å²) in [5, 5.41) is 0. The predicted molar refractivity (Wildman–Crippen MR) is 64.2 cm³/mol. The van der Waals surface area contributed by atoms with Crippen molar-refractivity contribution in [1.29, 1.82) is 0 Å². The van der Waals surface area contributed by atoms with E-state index in [1.807, 2.05) is 32.9 Å². The highest BCUT2D eigenvalue weighted by molar-refractivity contribution is 5.63. The Kier molecular flexibility index (Phi) is 4.37. The maximum absolute atomic E-state index is 5.37. The summed E-state index contributed by atoms with van der Waals surface area (Å²) in [6.45, 7) is 8.07. The first-order valence-electron chi connectivity index (χ1n) is 5.28. The van der Waals surface area contributed by atoms with Crippen molar-refractivity contribution in [2.75, 3.05) is 0 Å². The molecular formula is C13H19NO. The van der Waals surface area contributed by atoms with Crippen LogP contribution in [-0.2, 0) is 4.84 Å². The molecule has 1 aromatic carbocycles. The van der Waals surface area contributed by atoms with E-state index in [0.717, 1.165) is 11.3 Å². The number of aryl methyl sites for hydroxylation is 1. The fourth-order valence-corrected chi connectivity index (χ4v) is 1.28. The van der Waals surface area contributed by atoms with Crippen LogP contribution in [0.3, 0.4) is 0 Å². The lowest BCUT2D eigenvalue weighted by Crippen LogP contribution is -2.18. The summed E-state index contributed by atoms with van der Waals surface area (Å²) in [4.78, 5) is 5.37. The summed E-state index contributed by atoms with van der Waals surface area (Å²) in [6.07, 6.45) is 2.18. The smallest absolute Gasteiger partial charge is 0.0797 e. The Labute approximate surface area is 91.9 Å². The average molecular weight is 205 g/mol. The molecule has 0 amide bonds. The Morgan fingerprint density at radius 1 is 1.40 bits per heavy atom. The third-order valence-corrected chi connectivity index (χ3v) is 2.02. The van der Waals surface area contributed by atoms with Crippen molar-refractivity contribution in [3.8, 4) is 0 Å². The molecule has 0 bridgehead atoms. The van der Waals surface area contributed by atoms with Gasteiger partial charge in [0.05, 0.1) is 11.8 Å². The molecule has 82 valence electrons. The Hall–Kier alpha value is -1.28. The summed E-state index contributed by atoms with van der Waals surface area (Å²) >= 11 is 0. The lowest BCUT2D eigenvalue weighted by molar-refractivity contribution is 0.0273. The molecule has 0 aliphatic heterocycles. The summed E-state index contributed by atoms with van der Waals surface area (Å²) in [5.41, 5.74) is 6.38. The molecule has 1 aromatic rings. The van der Waals surface area contributed by atoms with Gasteiger partial charge in [0.2, 0.25) is 0 Å². The molecule has 0 aliphatic carbocycles. The normalized spacial score (nSPS) is 11.9. The van der Waals surface area contributed by atoms with Gasteiger partial charge >= 0.3 is 0 Å². The number of benzene rings is 1. The van der Waals surface area contributed by atoms with Crippen molar-refractivity contribution in [3.63, 3.8) is 0 Å². The Bertz CT molecular complexity index is 342. The Morgan fingerprint density at radius 2 is 2.13 bits per heavy atom. The van der Waals surface area contributed by atoms with Gasteiger partial charge in [0.1, 0.15) is 0 Å². The van der Waals surface area contributed by atoms with E-state index < -0.39 is 0 Å². The number of hydrogen-bond acceptors (Lipinski definition) is 2. The molecule has 0 atom stereocenters. The minimum Gasteiger partial charge on any atom is -0.273 e. The molecule has 0 fully saturated rings. The first-order valence-corrected chi connectivity index (χ1v) is 5.28. The minimum atomic E-state index is 0.171. The van der Waals surface area contributed by atoms with Crippen LogP contribution in [0.1, 0.15) is 31.9 Å². The zero-order valence-electron chi connectivity index (χ0n) is 9.87. The second kappa shape index (κ2) is 5.56. The second-order valence-corrected chi connectivity index (χ2v) is 3.84. The standard InChI is InChI=1S/C13H19NO/c1-5-13(14-15-10(2)3)12-8-6-7-11(4)9-12/h5-10,14H,1-4H3/b13-5-. The van der Waals surface area contributed by atoms with Crippen LogP contribution in [-0.4, -0.2) is 6.10 Å². The molecule has 0 spiro atoms. The molecule has 0 saturated carbocycles. The zero-order chi connectivity index (χ0) is 11.3. The van der Waals surface area contributed by atoms with Crippen molar-refractivity contribution >= 4 is 5.70 Å². The molecule has 0 saturated heterocycles. The molecule has 1 N–H and O–H groups in total. The quantitative estimate of drug-likeness (QED) is 0.762. The fraction of sp³-hybridized carbons (Fsp3) is 0.385. The first-order chi connectivity index (χ1) is 7.13. The lowest BCUT2D eigenvalue weighted by Gasteiger charge is -2.13. The van der Waals surface area contributed by atoms with Crippen LogP contribution in [0.4, 0.5) is 0 Å². The highest BCUT2D eigenvalue weighted by Gasteiger charge is 2.01. The van der Waals surface area contributed by atoms with Crippen LogP contribution < -0.4 is 5.48 Å². The number of hydroxylamine groups is 1. The SMILES string of the molecule is C/C=C(\NOC(C)C)c1cccc(C)c1. The van der Waals surface area contributed by atoms with E-state index in [2.05, 4.69) is 30.6 Å². The number of nitrogens with one attached hydrogen (secondary N) is 1. The summed E-state index contributed by atoms with van der Waals surface area (Å²) in [6, 6.07) is 8.33. The summed E-state index contributed by atoms with van der Waals surface area (Å²) < 4.78 is 0. The number of rotatable bonds is 4. The van der Waals surface area contributed by atoms with Gasteiger partial charge < -0.3 is 0 Å². The Morgan fingerprint density at radius 3 is 2.67 bits per heavy atom. The third kappa shape index (κ3) is 3.76. The predicted octanol–water partition coefficient (Wildman–Crippen LogP) is 3.29. The molecule has 15 heavy (non-hydrogen) atoms. The van der Waals surface area contributed by atoms with Crippen LogP contribution in [0.25, 0.3) is 5.70 Å². The van der Waals surface area contributed by atoms with Gasteiger partial charge in [-0.1, -0.05) is 29.8 Å². The molecule has 0 unspecified atom stereocenters. The molecule has 0 aromatic heterocycles. The van der Waals surface area contributed by atoms with Crippen LogP contribution in [0.15, 0.2) is 30.3 Å². The number of allylic oxidation sites excluding steroid dienone is 1. The largest absolute Gasteiger partial charge is 0.273 e. The van der Waals surface area contributed by atoms with Gasteiger partial charge in [-0.3, -0.25) is 10.3 Å². The maximum Gasteiger partial charge on any atom is 0.0797 e. The van der Waals surface area contributed by atoms with E-state index in [1.54, 1.807) is 0 Å². The van der Waals surface area contributed by atoms with Gasteiger partial charge in [-0.2, -0.15) is 0 Å². The topological polar surface area (TPSA) is 21.3 Å². The van der Waals surface area contributed by atoms with Gasteiger partial charge in [-0.05, 0) is 39.3 Å². The fourth-order valence-electron chi connectivity index (χ4n) is 1.28. The van der Waals surface area contributed by atoms with Crippen molar-refractivity contribution in [3.05, 3.63) is 41.5 Å². The van der Waals surface area contributed by atoms with E-state index in [-0.39, 0.29) is 6.10 Å². The maximum atomic E-state index is 5.37. The van der Waals surface area contributed by atoms with Gasteiger partial charge in [0.25, 0.3) is 0 Å². The highest BCUT2D eigenvalue weighted by Crippen LogP contribution is 2.13. The lowest BCUT2D eigenvalue weighted by atomic mass is 10.1. The van der Waals surface area contributed by atoms with Gasteiger partial charge in [-0.15, -0.1) is 0 Å². The van der Waals surface area contributed by atoms with Crippen LogP contribution in [0, 0.1) is 6.92 Å². The van der Waals surface area contributed by atoms with Crippen molar-refractivity contribution in [2.24, 2.45) is 0 Å². The molecule has 1 rings (SSSR count). The van der Waals surface area contributed by atoms with E-state index in [1.165, 1.54) is 5.56 Å².